The Kier molecular flexibility index (Phi) is 2.49. The summed E-state index contributed by atoms with van der Waals surface area (Å²) in [6.07, 6.45) is 2.83. The van der Waals surface area contributed by atoms with Crippen molar-refractivity contribution in [3.63, 3.8) is 0 Å². The molecule has 5 heteroatoms. The first kappa shape index (κ1) is 12.6. The van der Waals surface area contributed by atoms with E-state index in [1.807, 2.05) is 31.2 Å². The number of hydrogen-bond acceptors (Lipinski definition) is 3. The SMILES string of the molecule is CC1(C(=O)Nc2ccc(C3=NNC(=O)C4CC34)cc2)CC1. The lowest BCUT2D eigenvalue weighted by Gasteiger charge is -2.13. The second-order valence-corrected chi connectivity index (χ2v) is 6.51. The van der Waals surface area contributed by atoms with E-state index in [1.165, 1.54) is 0 Å². The van der Waals surface area contributed by atoms with Crippen LogP contribution in [-0.4, -0.2) is 17.5 Å². The second kappa shape index (κ2) is 4.16. The van der Waals surface area contributed by atoms with Gasteiger partial charge in [0.1, 0.15) is 0 Å². The molecule has 2 saturated carbocycles. The Labute approximate surface area is 122 Å². The maximum absolute atomic E-state index is 12.0. The van der Waals surface area contributed by atoms with Gasteiger partial charge in [0.15, 0.2) is 0 Å². The molecule has 108 valence electrons. The normalized spacial score (nSPS) is 28.0. The largest absolute Gasteiger partial charge is 0.326 e. The standard InChI is InChI=1S/C16H17N3O2/c1-16(6-7-16)15(21)17-10-4-2-9(3-5-10)13-11-8-12(11)14(20)19-18-13/h2-5,11-12H,6-8H2,1H3,(H,17,21)(H,19,20). The lowest BCUT2D eigenvalue weighted by molar-refractivity contribution is -0.122. The number of rotatable bonds is 3. The van der Waals surface area contributed by atoms with E-state index in [9.17, 15) is 9.59 Å². The summed E-state index contributed by atoms with van der Waals surface area (Å²) in [5.41, 5.74) is 5.18. The first-order valence-corrected chi connectivity index (χ1v) is 7.36. The zero-order chi connectivity index (χ0) is 14.6. The minimum absolute atomic E-state index is 0.0327. The molecule has 1 aromatic carbocycles. The van der Waals surface area contributed by atoms with Crippen LogP contribution in [0.15, 0.2) is 29.4 Å². The van der Waals surface area contributed by atoms with E-state index in [2.05, 4.69) is 15.8 Å². The third-order valence-electron chi connectivity index (χ3n) is 4.75. The summed E-state index contributed by atoms with van der Waals surface area (Å²) in [6, 6.07) is 7.71. The highest BCUT2D eigenvalue weighted by Crippen LogP contribution is 2.46. The minimum atomic E-state index is -0.169. The van der Waals surface area contributed by atoms with Gasteiger partial charge in [0.2, 0.25) is 11.8 Å². The molecule has 1 aromatic rings. The molecule has 2 aliphatic carbocycles. The van der Waals surface area contributed by atoms with Gasteiger partial charge in [-0.1, -0.05) is 19.1 Å². The number of fused-ring (bicyclic) bond motifs is 1. The molecule has 3 aliphatic rings. The Balaban J connectivity index is 1.49. The van der Waals surface area contributed by atoms with Crippen molar-refractivity contribution >= 4 is 23.2 Å². The maximum atomic E-state index is 12.0. The number of amides is 2. The van der Waals surface area contributed by atoms with Crippen molar-refractivity contribution < 1.29 is 9.59 Å². The van der Waals surface area contributed by atoms with Gasteiger partial charge in [-0.2, -0.15) is 5.10 Å². The smallest absolute Gasteiger partial charge is 0.243 e. The predicted octanol–water partition coefficient (Wildman–Crippen LogP) is 1.90. The molecular formula is C16H17N3O2. The molecule has 0 saturated heterocycles. The molecule has 2 amide bonds. The minimum Gasteiger partial charge on any atom is -0.326 e. The Morgan fingerprint density at radius 2 is 2.00 bits per heavy atom. The van der Waals surface area contributed by atoms with Gasteiger partial charge in [0, 0.05) is 22.9 Å². The highest BCUT2D eigenvalue weighted by atomic mass is 16.2. The molecule has 2 N–H and O–H groups in total. The Hall–Kier alpha value is -2.17. The fraction of sp³-hybridized carbons (Fsp3) is 0.438. The summed E-state index contributed by atoms with van der Waals surface area (Å²) < 4.78 is 0. The van der Waals surface area contributed by atoms with Gasteiger partial charge in [-0.25, -0.2) is 5.43 Å². The van der Waals surface area contributed by atoms with E-state index in [0.717, 1.165) is 36.2 Å². The van der Waals surface area contributed by atoms with Crippen LogP contribution < -0.4 is 10.7 Å². The molecule has 2 atom stereocenters. The van der Waals surface area contributed by atoms with Crippen LogP contribution in [0.5, 0.6) is 0 Å². The van der Waals surface area contributed by atoms with Gasteiger partial charge in [-0.3, -0.25) is 9.59 Å². The number of nitrogens with zero attached hydrogens (tertiary/aromatic N) is 1. The van der Waals surface area contributed by atoms with Crippen LogP contribution in [0.4, 0.5) is 5.69 Å². The molecule has 0 aromatic heterocycles. The second-order valence-electron chi connectivity index (χ2n) is 6.51. The van der Waals surface area contributed by atoms with E-state index in [0.29, 0.717) is 0 Å². The molecule has 0 radical (unpaired) electrons. The summed E-state index contributed by atoms with van der Waals surface area (Å²) in [5, 5.41) is 7.13. The van der Waals surface area contributed by atoms with E-state index >= 15 is 0 Å². The quantitative estimate of drug-likeness (QED) is 0.889. The van der Waals surface area contributed by atoms with Gasteiger partial charge in [-0.05, 0) is 37.0 Å². The fourth-order valence-corrected chi connectivity index (χ4v) is 2.77. The van der Waals surface area contributed by atoms with E-state index in [-0.39, 0.29) is 29.1 Å². The number of nitrogens with one attached hydrogen (secondary N) is 2. The first-order valence-electron chi connectivity index (χ1n) is 7.36. The van der Waals surface area contributed by atoms with E-state index in [4.69, 9.17) is 0 Å². The van der Waals surface area contributed by atoms with Crippen molar-refractivity contribution in [1.29, 1.82) is 0 Å². The summed E-state index contributed by atoms with van der Waals surface area (Å²) in [4.78, 5) is 23.4. The molecule has 0 bridgehead atoms. The summed E-state index contributed by atoms with van der Waals surface area (Å²) in [5.74, 6) is 0.501. The van der Waals surface area contributed by atoms with Crippen LogP contribution in [0.2, 0.25) is 0 Å². The van der Waals surface area contributed by atoms with Crippen LogP contribution in [0, 0.1) is 17.3 Å². The Morgan fingerprint density at radius 3 is 2.67 bits per heavy atom. The van der Waals surface area contributed by atoms with Crippen molar-refractivity contribution in [2.75, 3.05) is 5.32 Å². The number of carbonyl (C=O) groups excluding carboxylic acids is 2. The van der Waals surface area contributed by atoms with Crippen molar-refractivity contribution in [3.05, 3.63) is 29.8 Å². The third-order valence-corrected chi connectivity index (χ3v) is 4.75. The van der Waals surface area contributed by atoms with Gasteiger partial charge in [0.05, 0.1) is 5.71 Å². The number of benzene rings is 1. The highest BCUT2D eigenvalue weighted by Gasteiger charge is 2.49. The van der Waals surface area contributed by atoms with Crippen molar-refractivity contribution in [2.45, 2.75) is 26.2 Å². The Bertz CT molecular complexity index is 659. The molecule has 2 fully saturated rings. The van der Waals surface area contributed by atoms with Crippen LogP contribution >= 0.6 is 0 Å². The van der Waals surface area contributed by atoms with Gasteiger partial charge < -0.3 is 5.32 Å². The van der Waals surface area contributed by atoms with Gasteiger partial charge in [0.25, 0.3) is 0 Å². The van der Waals surface area contributed by atoms with Crippen LogP contribution in [0.25, 0.3) is 0 Å². The molecule has 1 aliphatic heterocycles. The first-order chi connectivity index (χ1) is 10.1. The van der Waals surface area contributed by atoms with E-state index in [1.54, 1.807) is 0 Å². The van der Waals surface area contributed by atoms with Crippen molar-refractivity contribution in [1.82, 2.24) is 5.43 Å². The summed E-state index contributed by atoms with van der Waals surface area (Å²) in [6.45, 7) is 1.99. The predicted molar refractivity (Wildman–Crippen MR) is 78.7 cm³/mol. The molecule has 21 heavy (non-hydrogen) atoms. The van der Waals surface area contributed by atoms with Gasteiger partial charge >= 0.3 is 0 Å². The zero-order valence-corrected chi connectivity index (χ0v) is 11.8. The summed E-state index contributed by atoms with van der Waals surface area (Å²) in [7, 11) is 0. The number of hydrazone groups is 1. The number of carbonyl (C=O) groups is 2. The van der Waals surface area contributed by atoms with Crippen molar-refractivity contribution in [3.8, 4) is 0 Å². The average Bonchev–Trinajstić information content (AvgIpc) is 3.36. The number of hydrogen-bond donors (Lipinski definition) is 2. The molecule has 2 unspecified atom stereocenters. The maximum Gasteiger partial charge on any atom is 0.243 e. The number of anilines is 1. The average molecular weight is 283 g/mol. The van der Waals surface area contributed by atoms with Crippen molar-refractivity contribution in [2.24, 2.45) is 22.4 Å². The summed E-state index contributed by atoms with van der Waals surface area (Å²) >= 11 is 0. The van der Waals surface area contributed by atoms with E-state index < -0.39 is 0 Å². The molecule has 5 nitrogen and oxygen atoms in total. The highest BCUT2D eigenvalue weighted by molar-refractivity contribution is 6.09. The lowest BCUT2D eigenvalue weighted by atomic mass is 10.0. The zero-order valence-electron chi connectivity index (χ0n) is 11.8. The molecule has 4 rings (SSSR count). The molecule has 0 spiro atoms. The molecular weight excluding hydrogens is 266 g/mol. The van der Waals surface area contributed by atoms with Crippen LogP contribution in [0.3, 0.4) is 0 Å². The molecule has 1 heterocycles. The fourth-order valence-electron chi connectivity index (χ4n) is 2.77. The Morgan fingerprint density at radius 1 is 1.29 bits per heavy atom. The third kappa shape index (κ3) is 2.13. The van der Waals surface area contributed by atoms with Crippen LogP contribution in [-0.2, 0) is 9.59 Å². The topological polar surface area (TPSA) is 70.6 Å². The van der Waals surface area contributed by atoms with Gasteiger partial charge in [-0.15, -0.1) is 0 Å². The lowest BCUT2D eigenvalue weighted by Crippen LogP contribution is -2.28. The monoisotopic (exact) mass is 283 g/mol. The van der Waals surface area contributed by atoms with Crippen LogP contribution in [0.1, 0.15) is 31.7 Å².